The minimum absolute atomic E-state index is 0.292. The van der Waals surface area contributed by atoms with Gasteiger partial charge in [-0.2, -0.15) is 5.26 Å². The van der Waals surface area contributed by atoms with Crippen LogP contribution in [0, 0.1) is 23.0 Å². The molecule has 0 bridgehead atoms. The Labute approximate surface area is 114 Å². The molecule has 98 valence electrons. The van der Waals surface area contributed by atoms with Gasteiger partial charge < -0.3 is 4.57 Å². The van der Waals surface area contributed by atoms with E-state index in [0.29, 0.717) is 17.7 Å². The minimum Gasteiger partial charge on any atom is -0.343 e. The molecule has 0 atom stereocenters. The Hall–Kier alpha value is -2.67. The van der Waals surface area contributed by atoms with E-state index in [1.807, 2.05) is 10.6 Å². The molecule has 2 nitrogen and oxygen atoms in total. The van der Waals surface area contributed by atoms with Gasteiger partial charge in [-0.05, 0) is 36.4 Å². The summed E-state index contributed by atoms with van der Waals surface area (Å²) in [5, 5.41) is 9.50. The highest BCUT2D eigenvalue weighted by Crippen LogP contribution is 2.19. The lowest BCUT2D eigenvalue weighted by Gasteiger charge is -2.07. The van der Waals surface area contributed by atoms with Crippen LogP contribution in [-0.2, 0) is 6.54 Å². The van der Waals surface area contributed by atoms with Crippen LogP contribution in [0.2, 0.25) is 0 Å². The first kappa shape index (κ1) is 12.4. The van der Waals surface area contributed by atoms with Crippen molar-refractivity contribution in [1.29, 1.82) is 5.26 Å². The van der Waals surface area contributed by atoms with Gasteiger partial charge in [-0.25, -0.2) is 8.78 Å². The van der Waals surface area contributed by atoms with E-state index in [-0.39, 0.29) is 5.82 Å². The predicted molar refractivity (Wildman–Crippen MR) is 72.1 cm³/mol. The summed E-state index contributed by atoms with van der Waals surface area (Å²) in [6, 6.07) is 12.6. The second-order valence-electron chi connectivity index (χ2n) is 4.56. The molecular weight excluding hydrogens is 258 g/mol. The molecule has 0 aliphatic heterocycles. The van der Waals surface area contributed by atoms with E-state index >= 15 is 0 Å². The van der Waals surface area contributed by atoms with Crippen LogP contribution in [-0.4, -0.2) is 4.57 Å². The average molecular weight is 268 g/mol. The molecule has 0 saturated carbocycles. The molecule has 4 heteroatoms. The summed E-state index contributed by atoms with van der Waals surface area (Å²) < 4.78 is 28.8. The number of hydrogen-bond acceptors (Lipinski definition) is 1. The van der Waals surface area contributed by atoms with Crippen LogP contribution in [0.25, 0.3) is 10.9 Å². The second-order valence-corrected chi connectivity index (χ2v) is 4.56. The zero-order valence-electron chi connectivity index (χ0n) is 10.5. The van der Waals surface area contributed by atoms with Gasteiger partial charge in [0.15, 0.2) is 0 Å². The SMILES string of the molecule is N#Cc1ccc(Cn2ccc3cc(F)ccc32)c(F)c1. The monoisotopic (exact) mass is 268 g/mol. The summed E-state index contributed by atoms with van der Waals surface area (Å²) in [4.78, 5) is 0. The van der Waals surface area contributed by atoms with E-state index < -0.39 is 5.82 Å². The highest BCUT2D eigenvalue weighted by molar-refractivity contribution is 5.80. The number of rotatable bonds is 2. The van der Waals surface area contributed by atoms with Gasteiger partial charge in [0, 0.05) is 22.7 Å². The van der Waals surface area contributed by atoms with Gasteiger partial charge >= 0.3 is 0 Å². The molecule has 3 aromatic rings. The first-order valence-electron chi connectivity index (χ1n) is 6.10. The van der Waals surface area contributed by atoms with Crippen molar-refractivity contribution in [2.24, 2.45) is 0 Å². The van der Waals surface area contributed by atoms with Crippen molar-refractivity contribution < 1.29 is 8.78 Å². The Morgan fingerprint density at radius 3 is 2.65 bits per heavy atom. The Bertz CT molecular complexity index is 828. The fourth-order valence-corrected chi connectivity index (χ4v) is 2.24. The van der Waals surface area contributed by atoms with Crippen LogP contribution >= 0.6 is 0 Å². The summed E-state index contributed by atoms with van der Waals surface area (Å²) in [7, 11) is 0. The maximum absolute atomic E-state index is 13.9. The molecule has 1 heterocycles. The Kier molecular flexibility index (Phi) is 2.96. The number of aromatic nitrogens is 1. The molecule has 20 heavy (non-hydrogen) atoms. The largest absolute Gasteiger partial charge is 0.343 e. The van der Waals surface area contributed by atoms with E-state index in [1.54, 1.807) is 30.5 Å². The lowest BCUT2D eigenvalue weighted by molar-refractivity contribution is 0.601. The van der Waals surface area contributed by atoms with Gasteiger partial charge in [-0.3, -0.25) is 0 Å². The van der Waals surface area contributed by atoms with Crippen LogP contribution < -0.4 is 0 Å². The molecule has 0 aliphatic rings. The van der Waals surface area contributed by atoms with Gasteiger partial charge in [-0.1, -0.05) is 6.07 Å². The van der Waals surface area contributed by atoms with Gasteiger partial charge in [0.05, 0.1) is 18.2 Å². The van der Waals surface area contributed by atoms with Crippen LogP contribution in [0.3, 0.4) is 0 Å². The van der Waals surface area contributed by atoms with E-state index in [4.69, 9.17) is 5.26 Å². The fourth-order valence-electron chi connectivity index (χ4n) is 2.24. The normalized spacial score (nSPS) is 10.7. The van der Waals surface area contributed by atoms with Crippen LogP contribution in [0.1, 0.15) is 11.1 Å². The molecule has 0 N–H and O–H groups in total. The van der Waals surface area contributed by atoms with Gasteiger partial charge in [-0.15, -0.1) is 0 Å². The third kappa shape index (κ3) is 2.14. The number of nitriles is 1. The number of hydrogen-bond donors (Lipinski definition) is 0. The van der Waals surface area contributed by atoms with Crippen molar-refractivity contribution in [1.82, 2.24) is 4.57 Å². The first-order chi connectivity index (χ1) is 9.67. The topological polar surface area (TPSA) is 28.7 Å². The summed E-state index contributed by atoms with van der Waals surface area (Å²) in [5.41, 5.74) is 1.63. The predicted octanol–water partition coefficient (Wildman–Crippen LogP) is 3.84. The first-order valence-corrected chi connectivity index (χ1v) is 6.10. The van der Waals surface area contributed by atoms with E-state index in [9.17, 15) is 8.78 Å². The Morgan fingerprint density at radius 2 is 1.90 bits per heavy atom. The summed E-state index contributed by atoms with van der Waals surface area (Å²) >= 11 is 0. The standard InChI is InChI=1S/C16H10F2N2/c17-14-3-4-16-12(8-14)5-6-20(16)10-13-2-1-11(9-19)7-15(13)18/h1-8H,10H2. The smallest absolute Gasteiger partial charge is 0.129 e. The molecule has 0 aliphatic carbocycles. The zero-order valence-corrected chi connectivity index (χ0v) is 10.5. The van der Waals surface area contributed by atoms with Crippen LogP contribution in [0.4, 0.5) is 8.78 Å². The summed E-state index contributed by atoms with van der Waals surface area (Å²) in [6.45, 7) is 0.340. The molecule has 0 radical (unpaired) electrons. The molecule has 1 aromatic heterocycles. The molecule has 2 aromatic carbocycles. The highest BCUT2D eigenvalue weighted by atomic mass is 19.1. The number of halogens is 2. The number of benzene rings is 2. The molecule has 0 fully saturated rings. The maximum Gasteiger partial charge on any atom is 0.129 e. The summed E-state index contributed by atoms with van der Waals surface area (Å²) in [6.07, 6.45) is 1.79. The van der Waals surface area contributed by atoms with Crippen molar-refractivity contribution in [2.75, 3.05) is 0 Å². The average Bonchev–Trinajstić information content (AvgIpc) is 2.83. The van der Waals surface area contributed by atoms with Crippen molar-refractivity contribution >= 4 is 10.9 Å². The second kappa shape index (κ2) is 4.78. The van der Waals surface area contributed by atoms with Crippen molar-refractivity contribution in [3.8, 4) is 6.07 Å². The van der Waals surface area contributed by atoms with Crippen molar-refractivity contribution in [3.05, 3.63) is 71.4 Å². The maximum atomic E-state index is 13.9. The molecule has 0 saturated heterocycles. The van der Waals surface area contributed by atoms with E-state index in [2.05, 4.69) is 0 Å². The van der Waals surface area contributed by atoms with Gasteiger partial charge in [0.2, 0.25) is 0 Å². The lowest BCUT2D eigenvalue weighted by atomic mass is 10.1. The van der Waals surface area contributed by atoms with Gasteiger partial charge in [0.25, 0.3) is 0 Å². The van der Waals surface area contributed by atoms with Crippen molar-refractivity contribution in [2.45, 2.75) is 6.54 Å². The molecule has 3 rings (SSSR count). The Morgan fingerprint density at radius 1 is 1.05 bits per heavy atom. The van der Waals surface area contributed by atoms with Crippen LogP contribution in [0.15, 0.2) is 48.7 Å². The van der Waals surface area contributed by atoms with Gasteiger partial charge in [0.1, 0.15) is 11.6 Å². The molecule has 0 unspecified atom stereocenters. The highest BCUT2D eigenvalue weighted by Gasteiger charge is 2.07. The van der Waals surface area contributed by atoms with E-state index in [1.165, 1.54) is 18.2 Å². The number of fused-ring (bicyclic) bond motifs is 1. The molecule has 0 amide bonds. The minimum atomic E-state index is -0.409. The fraction of sp³-hybridized carbons (Fsp3) is 0.0625. The quantitative estimate of drug-likeness (QED) is 0.694. The van der Waals surface area contributed by atoms with E-state index in [0.717, 1.165) is 10.9 Å². The molecular formula is C16H10F2N2. The summed E-state index contributed by atoms with van der Waals surface area (Å²) in [5.74, 6) is -0.701. The lowest BCUT2D eigenvalue weighted by Crippen LogP contribution is -2.00. The molecule has 0 spiro atoms. The van der Waals surface area contributed by atoms with Crippen LogP contribution in [0.5, 0.6) is 0 Å². The number of nitrogens with zero attached hydrogens (tertiary/aromatic N) is 2. The zero-order chi connectivity index (χ0) is 14.1. The third-order valence-corrected chi connectivity index (χ3v) is 3.26. The van der Waals surface area contributed by atoms with Crippen molar-refractivity contribution in [3.63, 3.8) is 0 Å². The Balaban J connectivity index is 1.99. The third-order valence-electron chi connectivity index (χ3n) is 3.26.